The molecule has 6 heteroatoms. The van der Waals surface area contributed by atoms with Gasteiger partial charge in [-0.15, -0.1) is 0 Å². The van der Waals surface area contributed by atoms with Gasteiger partial charge in [-0.25, -0.2) is 0 Å². The van der Waals surface area contributed by atoms with Gasteiger partial charge in [0.2, 0.25) is 6.29 Å². The fourth-order valence-electron chi connectivity index (χ4n) is 1.66. The van der Waals surface area contributed by atoms with Gasteiger partial charge < -0.3 is 9.47 Å². The van der Waals surface area contributed by atoms with Crippen LogP contribution in [0.5, 0.6) is 0 Å². The van der Waals surface area contributed by atoms with Crippen LogP contribution in [0.15, 0.2) is 18.2 Å². The first kappa shape index (κ1) is 15.3. The van der Waals surface area contributed by atoms with Crippen LogP contribution >= 0.6 is 23.2 Å². The van der Waals surface area contributed by atoms with Crippen LogP contribution in [0.3, 0.4) is 0 Å². The summed E-state index contributed by atoms with van der Waals surface area (Å²) in [6, 6.07) is 4.61. The van der Waals surface area contributed by atoms with Gasteiger partial charge in [-0.2, -0.15) is 0 Å². The van der Waals surface area contributed by atoms with Crippen LogP contribution in [0.1, 0.15) is 29.6 Å². The van der Waals surface area contributed by atoms with Gasteiger partial charge in [0, 0.05) is 12.7 Å². The normalized spacial score (nSPS) is 15.8. The lowest BCUT2D eigenvalue weighted by Crippen LogP contribution is -2.24. The van der Waals surface area contributed by atoms with Crippen molar-refractivity contribution in [3.63, 3.8) is 0 Å². The molecule has 0 N–H and O–H groups in total. The van der Waals surface area contributed by atoms with E-state index in [1.165, 1.54) is 13.2 Å². The number of ketones is 1. The molecule has 1 aliphatic carbocycles. The van der Waals surface area contributed by atoms with Gasteiger partial charge in [0.1, 0.15) is 0 Å². The highest BCUT2D eigenvalue weighted by molar-refractivity contribution is 6.42. The number of carbonyl (C=O) groups excluding carboxylic acids is 2. The second-order valence-electron chi connectivity index (χ2n) is 4.63. The predicted molar refractivity (Wildman–Crippen MR) is 75.0 cm³/mol. The van der Waals surface area contributed by atoms with E-state index in [9.17, 15) is 9.59 Å². The van der Waals surface area contributed by atoms with Crippen LogP contribution in [0.25, 0.3) is 0 Å². The lowest BCUT2D eigenvalue weighted by atomic mass is 10.1. The summed E-state index contributed by atoms with van der Waals surface area (Å²) in [6.45, 7) is 0. The lowest BCUT2D eigenvalue weighted by Gasteiger charge is -2.15. The maximum absolute atomic E-state index is 12.1. The van der Waals surface area contributed by atoms with Gasteiger partial charge in [-0.1, -0.05) is 23.2 Å². The third-order valence-electron chi connectivity index (χ3n) is 3.01. The van der Waals surface area contributed by atoms with E-state index in [2.05, 4.69) is 0 Å². The van der Waals surface area contributed by atoms with E-state index in [0.717, 1.165) is 12.8 Å². The molecule has 0 aliphatic heterocycles. The third kappa shape index (κ3) is 3.95. The van der Waals surface area contributed by atoms with E-state index in [1.54, 1.807) is 12.1 Å². The zero-order valence-corrected chi connectivity index (χ0v) is 12.4. The second-order valence-corrected chi connectivity index (χ2v) is 5.45. The number of Topliss-reactive ketones (excluding diaryl/α,β-unsaturated/α-hetero) is 1. The minimum absolute atomic E-state index is 0.0345. The zero-order chi connectivity index (χ0) is 14.7. The smallest absolute Gasteiger partial charge is 0.311 e. The van der Waals surface area contributed by atoms with Crippen molar-refractivity contribution in [1.29, 1.82) is 0 Å². The van der Waals surface area contributed by atoms with E-state index in [1.807, 2.05) is 0 Å². The molecule has 1 aromatic rings. The van der Waals surface area contributed by atoms with E-state index in [0.29, 0.717) is 15.6 Å². The molecule has 0 amide bonds. The first-order chi connectivity index (χ1) is 9.51. The van der Waals surface area contributed by atoms with Crippen molar-refractivity contribution in [3.8, 4) is 0 Å². The monoisotopic (exact) mass is 316 g/mol. The van der Waals surface area contributed by atoms with Gasteiger partial charge in [0.15, 0.2) is 5.78 Å². The van der Waals surface area contributed by atoms with Crippen molar-refractivity contribution in [2.45, 2.75) is 25.6 Å². The van der Waals surface area contributed by atoms with Crippen molar-refractivity contribution in [1.82, 2.24) is 0 Å². The molecule has 1 atom stereocenters. The Morgan fingerprint density at radius 3 is 2.55 bits per heavy atom. The maximum Gasteiger partial charge on any atom is 0.311 e. The molecular formula is C14H14Cl2O4. The quantitative estimate of drug-likeness (QED) is 0.458. The summed E-state index contributed by atoms with van der Waals surface area (Å²) in [6.07, 6.45) is 0.768. The van der Waals surface area contributed by atoms with Crippen molar-refractivity contribution < 1.29 is 19.1 Å². The molecule has 0 aromatic heterocycles. The van der Waals surface area contributed by atoms with Gasteiger partial charge in [-0.05, 0) is 31.0 Å². The van der Waals surface area contributed by atoms with Crippen LogP contribution in [-0.4, -0.2) is 25.2 Å². The highest BCUT2D eigenvalue weighted by Gasteiger charge is 2.33. The molecule has 1 fully saturated rings. The molecule has 4 nitrogen and oxygen atoms in total. The molecule has 20 heavy (non-hydrogen) atoms. The third-order valence-corrected chi connectivity index (χ3v) is 3.75. The Hall–Kier alpha value is -1.10. The molecule has 0 bridgehead atoms. The van der Waals surface area contributed by atoms with Gasteiger partial charge in [-0.3, -0.25) is 9.59 Å². The fourth-order valence-corrected chi connectivity index (χ4v) is 1.95. The number of halogens is 2. The summed E-state index contributed by atoms with van der Waals surface area (Å²) in [5, 5.41) is 0.688. The molecule has 0 spiro atoms. The van der Waals surface area contributed by atoms with E-state index in [4.69, 9.17) is 32.7 Å². The average molecular weight is 317 g/mol. The number of hydrogen-bond acceptors (Lipinski definition) is 4. The molecule has 1 unspecified atom stereocenters. The van der Waals surface area contributed by atoms with Crippen LogP contribution in [0.4, 0.5) is 0 Å². The van der Waals surface area contributed by atoms with E-state index in [-0.39, 0.29) is 24.1 Å². The summed E-state index contributed by atoms with van der Waals surface area (Å²) in [7, 11) is 1.40. The lowest BCUT2D eigenvalue weighted by molar-refractivity contribution is -0.174. The zero-order valence-electron chi connectivity index (χ0n) is 10.9. The first-order valence-corrected chi connectivity index (χ1v) is 6.98. The number of ether oxygens (including phenoxy) is 2. The standard InChI is InChI=1S/C14H14Cl2O4/c1-19-13(20-14(18)8-2-3-8)7-12(17)9-4-5-10(15)11(16)6-9/h4-6,8,13H,2-3,7H2,1H3. The Morgan fingerprint density at radius 1 is 1.30 bits per heavy atom. The summed E-state index contributed by atoms with van der Waals surface area (Å²) < 4.78 is 10.2. The minimum Gasteiger partial charge on any atom is -0.435 e. The van der Waals surface area contributed by atoms with Crippen molar-refractivity contribution in [2.24, 2.45) is 5.92 Å². The molecule has 0 radical (unpaired) electrons. The Labute approximate surface area is 127 Å². The van der Waals surface area contributed by atoms with Crippen molar-refractivity contribution >= 4 is 35.0 Å². The highest BCUT2D eigenvalue weighted by atomic mass is 35.5. The average Bonchev–Trinajstić information content (AvgIpc) is 3.25. The largest absolute Gasteiger partial charge is 0.435 e. The Kier molecular flexibility index (Phi) is 5.02. The topological polar surface area (TPSA) is 52.6 Å². The van der Waals surface area contributed by atoms with Crippen LogP contribution in [-0.2, 0) is 14.3 Å². The van der Waals surface area contributed by atoms with Crippen LogP contribution < -0.4 is 0 Å². The number of hydrogen-bond donors (Lipinski definition) is 0. The number of esters is 1. The van der Waals surface area contributed by atoms with E-state index < -0.39 is 6.29 Å². The van der Waals surface area contributed by atoms with Crippen molar-refractivity contribution in [3.05, 3.63) is 33.8 Å². The second kappa shape index (κ2) is 6.57. The molecule has 1 aromatic carbocycles. The molecule has 0 heterocycles. The molecule has 0 saturated heterocycles. The van der Waals surface area contributed by atoms with Gasteiger partial charge in [0.25, 0.3) is 0 Å². The van der Waals surface area contributed by atoms with Crippen LogP contribution in [0, 0.1) is 5.92 Å². The first-order valence-electron chi connectivity index (χ1n) is 6.22. The SMILES string of the molecule is COC(CC(=O)c1ccc(Cl)c(Cl)c1)OC(=O)C1CC1. The highest BCUT2D eigenvalue weighted by Crippen LogP contribution is 2.31. The molecule has 1 aliphatic rings. The minimum atomic E-state index is -0.870. The Morgan fingerprint density at radius 2 is 2.00 bits per heavy atom. The number of carbonyl (C=O) groups is 2. The summed E-state index contributed by atoms with van der Waals surface area (Å²) in [5.74, 6) is -0.564. The Bertz CT molecular complexity index is 526. The summed E-state index contributed by atoms with van der Waals surface area (Å²) in [4.78, 5) is 23.6. The molecule has 2 rings (SSSR count). The molecule has 108 valence electrons. The number of methoxy groups -OCH3 is 1. The maximum atomic E-state index is 12.1. The summed E-state index contributed by atoms with van der Waals surface area (Å²) >= 11 is 11.7. The van der Waals surface area contributed by atoms with E-state index >= 15 is 0 Å². The summed E-state index contributed by atoms with van der Waals surface area (Å²) in [5.41, 5.74) is 0.406. The number of benzene rings is 1. The fraction of sp³-hybridized carbons (Fsp3) is 0.429. The molecular weight excluding hydrogens is 303 g/mol. The van der Waals surface area contributed by atoms with Gasteiger partial charge in [0.05, 0.1) is 22.4 Å². The predicted octanol–water partition coefficient (Wildman–Crippen LogP) is 3.49. The van der Waals surface area contributed by atoms with Crippen molar-refractivity contribution in [2.75, 3.05) is 7.11 Å². The number of rotatable bonds is 6. The van der Waals surface area contributed by atoms with Crippen LogP contribution in [0.2, 0.25) is 10.0 Å². The Balaban J connectivity index is 1.97. The van der Waals surface area contributed by atoms with Gasteiger partial charge >= 0.3 is 5.97 Å². The molecule has 1 saturated carbocycles.